The molecule has 0 saturated heterocycles. The van der Waals surface area contributed by atoms with Gasteiger partial charge in [-0.1, -0.05) is 11.1 Å². The summed E-state index contributed by atoms with van der Waals surface area (Å²) in [5, 5.41) is 21.4. The Morgan fingerprint density at radius 3 is 1.59 bits per heavy atom. The number of fused-ring (bicyclic) bond motifs is 5. The van der Waals surface area contributed by atoms with Gasteiger partial charge in [0.25, 0.3) is 0 Å². The van der Waals surface area contributed by atoms with Crippen molar-refractivity contribution in [1.82, 2.24) is 4.57 Å². The predicted molar refractivity (Wildman–Crippen MR) is 92.2 cm³/mol. The van der Waals surface area contributed by atoms with Crippen molar-refractivity contribution in [3.63, 3.8) is 0 Å². The van der Waals surface area contributed by atoms with E-state index >= 15 is 0 Å². The topological polar surface area (TPSA) is 45.4 Å². The molecule has 0 radical (unpaired) electrons. The second-order valence-corrected chi connectivity index (χ2v) is 7.71. The molecule has 2 aromatic rings. The van der Waals surface area contributed by atoms with Crippen LogP contribution in [0.4, 0.5) is 26.3 Å². The van der Waals surface area contributed by atoms with Gasteiger partial charge in [-0.25, -0.2) is 0 Å². The quantitative estimate of drug-likeness (QED) is 0.426. The molecule has 0 amide bonds. The lowest BCUT2D eigenvalue weighted by molar-refractivity contribution is -0.143. The van der Waals surface area contributed by atoms with Gasteiger partial charge in [0.2, 0.25) is 11.8 Å². The smallest absolute Gasteiger partial charge is 0.416 e. The minimum Gasteiger partial charge on any atom is -0.494 e. The minimum absolute atomic E-state index is 0.0137. The van der Waals surface area contributed by atoms with Crippen molar-refractivity contribution in [3.05, 3.63) is 51.6 Å². The highest BCUT2D eigenvalue weighted by Crippen LogP contribution is 2.64. The van der Waals surface area contributed by atoms with Gasteiger partial charge in [-0.05, 0) is 44.9 Å². The maximum Gasteiger partial charge on any atom is 0.416 e. The summed E-state index contributed by atoms with van der Waals surface area (Å²) in [6, 6.07) is 1.00. The molecule has 2 aliphatic carbocycles. The number of allylic oxidation sites excluding steroid dienone is 2. The van der Waals surface area contributed by atoms with E-state index in [-0.39, 0.29) is 17.9 Å². The van der Waals surface area contributed by atoms with Crippen LogP contribution in [0.25, 0.3) is 5.69 Å². The molecule has 3 nitrogen and oxygen atoms in total. The molecule has 2 aliphatic rings. The normalized spacial score (nSPS) is 21.0. The zero-order valence-electron chi connectivity index (χ0n) is 15.4. The van der Waals surface area contributed by atoms with Gasteiger partial charge in [-0.3, -0.25) is 4.57 Å². The Bertz CT molecular complexity index is 971. The van der Waals surface area contributed by atoms with Gasteiger partial charge in [0.15, 0.2) is 0 Å². The fourth-order valence-electron chi connectivity index (χ4n) is 4.77. The van der Waals surface area contributed by atoms with Crippen molar-refractivity contribution in [2.24, 2.45) is 0 Å². The van der Waals surface area contributed by atoms with Crippen LogP contribution in [0.3, 0.4) is 0 Å². The summed E-state index contributed by atoms with van der Waals surface area (Å²) < 4.78 is 79.8. The monoisotopic (exact) mass is 417 g/mol. The number of rotatable bonds is 1. The molecule has 1 aromatic carbocycles. The van der Waals surface area contributed by atoms with Crippen LogP contribution in [0.2, 0.25) is 0 Å². The summed E-state index contributed by atoms with van der Waals surface area (Å²) in [7, 11) is 0. The molecule has 0 unspecified atom stereocenters. The first-order valence-corrected chi connectivity index (χ1v) is 8.96. The summed E-state index contributed by atoms with van der Waals surface area (Å²) in [6.45, 7) is 3.80. The molecule has 4 rings (SSSR count). The minimum atomic E-state index is -5.02. The summed E-state index contributed by atoms with van der Waals surface area (Å²) in [4.78, 5) is 0. The van der Waals surface area contributed by atoms with E-state index in [2.05, 4.69) is 0 Å². The van der Waals surface area contributed by atoms with Crippen molar-refractivity contribution in [2.45, 2.75) is 50.9 Å². The molecule has 0 aliphatic heterocycles. The molecule has 1 heterocycles. The highest BCUT2D eigenvalue weighted by molar-refractivity contribution is 5.66. The Labute approximate surface area is 161 Å². The molecule has 1 saturated carbocycles. The Kier molecular flexibility index (Phi) is 4.06. The molecule has 1 fully saturated rings. The highest BCUT2D eigenvalue weighted by Gasteiger charge is 2.48. The van der Waals surface area contributed by atoms with E-state index < -0.39 is 40.9 Å². The largest absolute Gasteiger partial charge is 0.494 e. The van der Waals surface area contributed by atoms with Crippen LogP contribution >= 0.6 is 0 Å². The summed E-state index contributed by atoms with van der Waals surface area (Å²) in [6.07, 6.45) is -8.64. The lowest BCUT2D eigenvalue weighted by Crippen LogP contribution is -2.12. The average molecular weight is 417 g/mol. The molecule has 9 heteroatoms. The summed E-state index contributed by atoms with van der Waals surface area (Å²) in [5.74, 6) is -1.42. The van der Waals surface area contributed by atoms with Crippen molar-refractivity contribution in [2.75, 3.05) is 0 Å². The molecule has 2 atom stereocenters. The molecule has 2 N–H and O–H groups in total. The SMILES string of the molecule is CC(C)=C1[C@H]2CC[C@@H]1c1c2c(O)n(-c2cc(C(F)(F)F)cc(C(F)(F)F)c2)c1O. The van der Waals surface area contributed by atoms with E-state index in [0.717, 1.165) is 11.1 Å². The fraction of sp³-hybridized carbons (Fsp3) is 0.400. The lowest BCUT2D eigenvalue weighted by atomic mass is 9.95. The molecular formula is C20H17F6NO2. The number of nitrogens with zero attached hydrogens (tertiary/aromatic N) is 1. The molecule has 2 bridgehead atoms. The van der Waals surface area contributed by atoms with E-state index in [0.29, 0.717) is 40.7 Å². The second-order valence-electron chi connectivity index (χ2n) is 7.71. The fourth-order valence-corrected chi connectivity index (χ4v) is 4.77. The van der Waals surface area contributed by atoms with E-state index in [1.165, 1.54) is 0 Å². The number of aromatic nitrogens is 1. The van der Waals surface area contributed by atoms with Gasteiger partial charge < -0.3 is 10.2 Å². The van der Waals surface area contributed by atoms with Gasteiger partial charge in [-0.2, -0.15) is 26.3 Å². The van der Waals surface area contributed by atoms with Gasteiger partial charge in [0.05, 0.1) is 16.8 Å². The van der Waals surface area contributed by atoms with Crippen molar-refractivity contribution >= 4 is 0 Å². The number of hydrogen-bond donors (Lipinski definition) is 2. The lowest BCUT2D eigenvalue weighted by Gasteiger charge is -2.17. The van der Waals surface area contributed by atoms with Crippen LogP contribution < -0.4 is 0 Å². The van der Waals surface area contributed by atoms with Crippen LogP contribution in [0.15, 0.2) is 29.3 Å². The van der Waals surface area contributed by atoms with Crippen LogP contribution in [-0.4, -0.2) is 14.8 Å². The number of aromatic hydroxyl groups is 2. The maximum atomic E-state index is 13.2. The van der Waals surface area contributed by atoms with Crippen LogP contribution in [0.1, 0.15) is 60.8 Å². The molecule has 156 valence electrons. The van der Waals surface area contributed by atoms with E-state index in [9.17, 15) is 36.6 Å². The van der Waals surface area contributed by atoms with Crippen molar-refractivity contribution in [3.8, 4) is 17.4 Å². The zero-order valence-corrected chi connectivity index (χ0v) is 15.4. The van der Waals surface area contributed by atoms with E-state index in [1.807, 2.05) is 13.8 Å². The molecular weight excluding hydrogens is 400 g/mol. The average Bonchev–Trinajstić information content (AvgIpc) is 3.23. The maximum absolute atomic E-state index is 13.2. The summed E-state index contributed by atoms with van der Waals surface area (Å²) in [5.41, 5.74) is -0.757. The van der Waals surface area contributed by atoms with E-state index in [1.54, 1.807) is 0 Å². The number of halogens is 6. The first kappa shape index (κ1) is 19.7. The van der Waals surface area contributed by atoms with Crippen LogP contribution in [-0.2, 0) is 12.4 Å². The zero-order chi connectivity index (χ0) is 21.5. The van der Waals surface area contributed by atoms with Gasteiger partial charge in [-0.15, -0.1) is 0 Å². The van der Waals surface area contributed by atoms with Gasteiger partial charge >= 0.3 is 12.4 Å². The van der Waals surface area contributed by atoms with Crippen molar-refractivity contribution < 1.29 is 36.6 Å². The second kappa shape index (κ2) is 5.96. The Balaban J connectivity index is 1.96. The first-order valence-electron chi connectivity index (χ1n) is 8.96. The predicted octanol–water partition coefficient (Wildman–Crippen LogP) is 6.24. The first-order chi connectivity index (χ1) is 13.3. The summed E-state index contributed by atoms with van der Waals surface area (Å²) >= 11 is 0. The number of alkyl halides is 6. The Morgan fingerprint density at radius 1 is 0.828 bits per heavy atom. The molecule has 1 aromatic heterocycles. The van der Waals surface area contributed by atoms with Crippen LogP contribution in [0, 0.1) is 0 Å². The standard InChI is InChI=1S/C20H17F6NO2/c1-8(2)14-12-3-4-13(14)16-15(12)17(28)27(18(16)29)11-6-9(19(21,22)23)5-10(7-11)20(24,25)26/h5-7,12-13,28-29H,3-4H2,1-2H3/t12-,13+. The van der Waals surface area contributed by atoms with Gasteiger partial charge in [0, 0.05) is 23.0 Å². The van der Waals surface area contributed by atoms with Gasteiger partial charge in [0.1, 0.15) is 0 Å². The highest BCUT2D eigenvalue weighted by atomic mass is 19.4. The molecule has 0 spiro atoms. The number of hydrogen-bond acceptors (Lipinski definition) is 2. The van der Waals surface area contributed by atoms with Crippen LogP contribution in [0.5, 0.6) is 11.8 Å². The number of benzene rings is 1. The third-order valence-corrected chi connectivity index (χ3v) is 5.80. The third-order valence-electron chi connectivity index (χ3n) is 5.80. The molecule has 29 heavy (non-hydrogen) atoms. The Morgan fingerprint density at radius 2 is 1.24 bits per heavy atom. The van der Waals surface area contributed by atoms with E-state index in [4.69, 9.17) is 0 Å². The van der Waals surface area contributed by atoms with Crippen molar-refractivity contribution in [1.29, 1.82) is 0 Å². The third kappa shape index (κ3) is 2.81. The Hall–Kier alpha value is -2.58.